The molecule has 100 valence electrons. The van der Waals surface area contributed by atoms with Crippen molar-refractivity contribution in [2.45, 2.75) is 27.2 Å². The standard InChI is InChI=1S/C14H22N2O2/c1-4-9-18-13-8-7-11(10-12(13)15)14(17)16(5-2)6-3/h7-8,10H,4-6,9,15H2,1-3H3. The Morgan fingerprint density at radius 2 is 1.94 bits per heavy atom. The first-order chi connectivity index (χ1) is 8.63. The van der Waals surface area contributed by atoms with Crippen molar-refractivity contribution >= 4 is 11.6 Å². The van der Waals surface area contributed by atoms with Gasteiger partial charge in [-0.05, 0) is 38.5 Å². The van der Waals surface area contributed by atoms with Crippen molar-refractivity contribution in [2.24, 2.45) is 0 Å². The van der Waals surface area contributed by atoms with Crippen LogP contribution in [0.3, 0.4) is 0 Å². The van der Waals surface area contributed by atoms with Crippen LogP contribution in [0.5, 0.6) is 5.75 Å². The summed E-state index contributed by atoms with van der Waals surface area (Å²) in [7, 11) is 0. The number of nitrogens with zero attached hydrogens (tertiary/aromatic N) is 1. The van der Waals surface area contributed by atoms with E-state index in [9.17, 15) is 4.79 Å². The predicted molar refractivity (Wildman–Crippen MR) is 73.9 cm³/mol. The lowest BCUT2D eigenvalue weighted by atomic mass is 10.1. The summed E-state index contributed by atoms with van der Waals surface area (Å²) in [5, 5.41) is 0. The molecule has 2 N–H and O–H groups in total. The first kappa shape index (κ1) is 14.4. The third kappa shape index (κ3) is 3.39. The molecule has 0 radical (unpaired) electrons. The van der Waals surface area contributed by atoms with E-state index in [1.807, 2.05) is 20.8 Å². The molecule has 1 aromatic rings. The Morgan fingerprint density at radius 3 is 2.44 bits per heavy atom. The monoisotopic (exact) mass is 250 g/mol. The fourth-order valence-electron chi connectivity index (χ4n) is 1.72. The summed E-state index contributed by atoms with van der Waals surface area (Å²) in [4.78, 5) is 13.9. The van der Waals surface area contributed by atoms with Gasteiger partial charge >= 0.3 is 0 Å². The molecule has 0 heterocycles. The summed E-state index contributed by atoms with van der Waals surface area (Å²) < 4.78 is 5.48. The predicted octanol–water partition coefficient (Wildman–Crippen LogP) is 2.54. The summed E-state index contributed by atoms with van der Waals surface area (Å²) >= 11 is 0. The van der Waals surface area contributed by atoms with Crippen LogP contribution in [0.2, 0.25) is 0 Å². The smallest absolute Gasteiger partial charge is 0.253 e. The van der Waals surface area contributed by atoms with Crippen LogP contribution >= 0.6 is 0 Å². The molecule has 1 rings (SSSR count). The third-order valence-corrected chi connectivity index (χ3v) is 2.77. The van der Waals surface area contributed by atoms with E-state index in [4.69, 9.17) is 10.5 Å². The first-order valence-electron chi connectivity index (χ1n) is 6.45. The molecular weight excluding hydrogens is 228 g/mol. The zero-order valence-corrected chi connectivity index (χ0v) is 11.4. The van der Waals surface area contributed by atoms with E-state index in [-0.39, 0.29) is 5.91 Å². The minimum Gasteiger partial charge on any atom is -0.491 e. The number of anilines is 1. The lowest BCUT2D eigenvalue weighted by Crippen LogP contribution is -2.30. The quantitative estimate of drug-likeness (QED) is 0.789. The molecule has 4 nitrogen and oxygen atoms in total. The molecule has 4 heteroatoms. The van der Waals surface area contributed by atoms with Crippen molar-refractivity contribution in [1.82, 2.24) is 4.90 Å². The van der Waals surface area contributed by atoms with E-state index >= 15 is 0 Å². The van der Waals surface area contributed by atoms with Gasteiger partial charge in [0, 0.05) is 18.7 Å². The topological polar surface area (TPSA) is 55.6 Å². The molecule has 0 aliphatic carbocycles. The number of benzene rings is 1. The normalized spacial score (nSPS) is 10.2. The summed E-state index contributed by atoms with van der Waals surface area (Å²) in [5.41, 5.74) is 7.01. The molecule has 0 unspecified atom stereocenters. The van der Waals surface area contributed by atoms with E-state index in [0.717, 1.165) is 6.42 Å². The van der Waals surface area contributed by atoms with Gasteiger partial charge in [-0.3, -0.25) is 4.79 Å². The van der Waals surface area contributed by atoms with Gasteiger partial charge in [-0.2, -0.15) is 0 Å². The van der Waals surface area contributed by atoms with Crippen molar-refractivity contribution < 1.29 is 9.53 Å². The van der Waals surface area contributed by atoms with Gasteiger partial charge in [0.15, 0.2) is 0 Å². The Labute approximate surface area is 109 Å². The van der Waals surface area contributed by atoms with Gasteiger partial charge in [-0.1, -0.05) is 6.92 Å². The Kier molecular flexibility index (Phi) is 5.49. The van der Waals surface area contributed by atoms with Gasteiger partial charge in [0.2, 0.25) is 0 Å². The zero-order chi connectivity index (χ0) is 13.5. The van der Waals surface area contributed by atoms with Gasteiger partial charge in [0.1, 0.15) is 5.75 Å². The van der Waals surface area contributed by atoms with E-state index in [2.05, 4.69) is 0 Å². The Bertz CT molecular complexity index is 401. The maximum Gasteiger partial charge on any atom is 0.253 e. The number of hydrogen-bond acceptors (Lipinski definition) is 3. The molecule has 0 spiro atoms. The minimum absolute atomic E-state index is 0.00809. The van der Waals surface area contributed by atoms with Gasteiger partial charge in [-0.25, -0.2) is 0 Å². The average molecular weight is 250 g/mol. The molecule has 0 saturated carbocycles. The Balaban J connectivity index is 2.86. The minimum atomic E-state index is 0.00809. The molecule has 0 bridgehead atoms. The molecule has 0 fully saturated rings. The summed E-state index contributed by atoms with van der Waals surface area (Å²) in [5.74, 6) is 0.654. The molecule has 0 saturated heterocycles. The maximum atomic E-state index is 12.1. The molecular formula is C14H22N2O2. The number of carbonyl (C=O) groups is 1. The molecule has 1 aromatic carbocycles. The summed E-state index contributed by atoms with van der Waals surface area (Å²) in [6, 6.07) is 5.22. The van der Waals surface area contributed by atoms with Crippen molar-refractivity contribution in [3.63, 3.8) is 0 Å². The van der Waals surface area contributed by atoms with E-state index in [0.29, 0.717) is 36.7 Å². The lowest BCUT2D eigenvalue weighted by molar-refractivity contribution is 0.0773. The van der Waals surface area contributed by atoms with Crippen LogP contribution in [-0.4, -0.2) is 30.5 Å². The third-order valence-electron chi connectivity index (χ3n) is 2.77. The number of amides is 1. The number of rotatable bonds is 6. The van der Waals surface area contributed by atoms with Crippen molar-refractivity contribution in [3.8, 4) is 5.75 Å². The molecule has 18 heavy (non-hydrogen) atoms. The lowest BCUT2D eigenvalue weighted by Gasteiger charge is -2.19. The number of nitrogens with two attached hydrogens (primary N) is 1. The fraction of sp³-hybridized carbons (Fsp3) is 0.500. The van der Waals surface area contributed by atoms with Crippen LogP contribution < -0.4 is 10.5 Å². The van der Waals surface area contributed by atoms with Gasteiger partial charge in [0.05, 0.1) is 12.3 Å². The van der Waals surface area contributed by atoms with Crippen molar-refractivity contribution in [3.05, 3.63) is 23.8 Å². The van der Waals surface area contributed by atoms with Gasteiger partial charge in [-0.15, -0.1) is 0 Å². The van der Waals surface area contributed by atoms with E-state index < -0.39 is 0 Å². The number of hydrogen-bond donors (Lipinski definition) is 1. The van der Waals surface area contributed by atoms with Crippen LogP contribution in [0.1, 0.15) is 37.6 Å². The highest BCUT2D eigenvalue weighted by Crippen LogP contribution is 2.23. The zero-order valence-electron chi connectivity index (χ0n) is 11.4. The first-order valence-corrected chi connectivity index (χ1v) is 6.45. The summed E-state index contributed by atoms with van der Waals surface area (Å²) in [6.07, 6.45) is 0.930. The SMILES string of the molecule is CCCOc1ccc(C(=O)N(CC)CC)cc1N. The second-order valence-electron chi connectivity index (χ2n) is 4.08. The highest BCUT2D eigenvalue weighted by Gasteiger charge is 2.13. The highest BCUT2D eigenvalue weighted by atomic mass is 16.5. The Morgan fingerprint density at radius 1 is 1.28 bits per heavy atom. The van der Waals surface area contributed by atoms with E-state index in [1.165, 1.54) is 0 Å². The van der Waals surface area contributed by atoms with Crippen LogP contribution in [0, 0.1) is 0 Å². The molecule has 0 aliphatic heterocycles. The molecule has 0 aliphatic rings. The maximum absolute atomic E-state index is 12.1. The number of nitrogen functional groups attached to an aromatic ring is 1. The van der Waals surface area contributed by atoms with Crippen molar-refractivity contribution in [2.75, 3.05) is 25.4 Å². The molecule has 0 aromatic heterocycles. The Hall–Kier alpha value is -1.71. The van der Waals surface area contributed by atoms with Crippen molar-refractivity contribution in [1.29, 1.82) is 0 Å². The largest absolute Gasteiger partial charge is 0.491 e. The van der Waals surface area contributed by atoms with Crippen LogP contribution in [-0.2, 0) is 0 Å². The number of carbonyl (C=O) groups excluding carboxylic acids is 1. The fourth-order valence-corrected chi connectivity index (χ4v) is 1.72. The van der Waals surface area contributed by atoms with Crippen LogP contribution in [0.4, 0.5) is 5.69 Å². The van der Waals surface area contributed by atoms with Crippen LogP contribution in [0.15, 0.2) is 18.2 Å². The van der Waals surface area contributed by atoms with E-state index in [1.54, 1.807) is 23.1 Å². The molecule has 0 atom stereocenters. The second-order valence-corrected chi connectivity index (χ2v) is 4.08. The average Bonchev–Trinajstić information content (AvgIpc) is 2.38. The van der Waals surface area contributed by atoms with Gasteiger partial charge in [0.25, 0.3) is 5.91 Å². The summed E-state index contributed by atoms with van der Waals surface area (Å²) in [6.45, 7) is 7.99. The number of ether oxygens (including phenoxy) is 1. The van der Waals surface area contributed by atoms with Gasteiger partial charge < -0.3 is 15.4 Å². The second kappa shape index (κ2) is 6.89. The van der Waals surface area contributed by atoms with Crippen LogP contribution in [0.25, 0.3) is 0 Å². The highest BCUT2D eigenvalue weighted by molar-refractivity contribution is 5.95. The molecule has 1 amide bonds.